The Kier molecular flexibility index (Phi) is 3.46. The van der Waals surface area contributed by atoms with Crippen LogP contribution in [0, 0.1) is 6.92 Å². The number of aromatic nitrogens is 2. The molecule has 0 fully saturated rings. The van der Waals surface area contributed by atoms with E-state index in [-0.39, 0.29) is 0 Å². The lowest BCUT2D eigenvalue weighted by molar-refractivity contribution is 1.25. The van der Waals surface area contributed by atoms with E-state index in [1.807, 2.05) is 24.3 Å². The molecule has 0 aliphatic heterocycles. The highest BCUT2D eigenvalue weighted by molar-refractivity contribution is 6.42. The lowest BCUT2D eigenvalue weighted by Gasteiger charge is -2.10. The summed E-state index contributed by atoms with van der Waals surface area (Å²) in [5.41, 5.74) is 6.15. The Labute approximate surface area is 160 Å². The number of imidazole rings is 1. The molecule has 3 aromatic carbocycles. The Morgan fingerprint density at radius 1 is 0.846 bits per heavy atom. The van der Waals surface area contributed by atoms with Crippen molar-refractivity contribution in [2.75, 3.05) is 0 Å². The van der Waals surface area contributed by atoms with Gasteiger partial charge in [-0.1, -0.05) is 77.3 Å². The molecule has 5 aromatic rings. The van der Waals surface area contributed by atoms with Crippen molar-refractivity contribution in [3.05, 3.63) is 82.3 Å². The van der Waals surface area contributed by atoms with E-state index >= 15 is 0 Å². The maximum Gasteiger partial charge on any atom is 0.146 e. The highest BCUT2D eigenvalue weighted by Gasteiger charge is 2.15. The van der Waals surface area contributed by atoms with Crippen LogP contribution in [0.4, 0.5) is 0 Å². The van der Waals surface area contributed by atoms with Crippen LogP contribution in [0.5, 0.6) is 0 Å². The third-order valence-corrected chi connectivity index (χ3v) is 5.50. The average Bonchev–Trinajstić information content (AvgIpc) is 3.01. The molecule has 2 aromatic heterocycles. The van der Waals surface area contributed by atoms with Crippen LogP contribution >= 0.6 is 23.2 Å². The smallest absolute Gasteiger partial charge is 0.146 e. The normalized spacial score (nSPS) is 11.7. The van der Waals surface area contributed by atoms with Crippen LogP contribution in [0.25, 0.3) is 38.7 Å². The van der Waals surface area contributed by atoms with Crippen molar-refractivity contribution >= 4 is 50.7 Å². The first-order chi connectivity index (χ1) is 12.6. The Morgan fingerprint density at radius 3 is 2.38 bits per heavy atom. The molecule has 0 spiro atoms. The van der Waals surface area contributed by atoms with Crippen LogP contribution in [0.2, 0.25) is 10.0 Å². The fourth-order valence-electron chi connectivity index (χ4n) is 3.47. The lowest BCUT2D eigenvalue weighted by atomic mass is 10.1. The van der Waals surface area contributed by atoms with Gasteiger partial charge in [0.2, 0.25) is 0 Å². The van der Waals surface area contributed by atoms with E-state index in [4.69, 9.17) is 28.2 Å². The molecule has 4 heteroatoms. The van der Waals surface area contributed by atoms with Gasteiger partial charge in [0.05, 0.1) is 26.8 Å². The van der Waals surface area contributed by atoms with Gasteiger partial charge < -0.3 is 0 Å². The molecule has 5 rings (SSSR count). The van der Waals surface area contributed by atoms with Crippen molar-refractivity contribution in [2.24, 2.45) is 0 Å². The summed E-state index contributed by atoms with van der Waals surface area (Å²) >= 11 is 12.5. The average molecular weight is 377 g/mol. The fraction of sp³-hybridized carbons (Fsp3) is 0.0455. The number of aryl methyl sites for hydroxylation is 1. The van der Waals surface area contributed by atoms with Crippen LogP contribution in [-0.2, 0) is 0 Å². The third-order valence-electron chi connectivity index (χ3n) is 4.78. The van der Waals surface area contributed by atoms with Gasteiger partial charge in [0.15, 0.2) is 0 Å². The first kappa shape index (κ1) is 15.7. The second kappa shape index (κ2) is 5.73. The molecular weight excluding hydrogens is 363 g/mol. The largest absolute Gasteiger partial charge is 0.292 e. The monoisotopic (exact) mass is 376 g/mol. The number of benzene rings is 3. The minimum absolute atomic E-state index is 0.517. The second-order valence-electron chi connectivity index (χ2n) is 6.51. The molecule has 0 saturated carbocycles. The van der Waals surface area contributed by atoms with E-state index in [1.54, 1.807) is 0 Å². The molecule has 0 radical (unpaired) electrons. The van der Waals surface area contributed by atoms with Crippen LogP contribution in [0.15, 0.2) is 66.7 Å². The van der Waals surface area contributed by atoms with E-state index in [9.17, 15) is 0 Å². The number of nitrogens with zero attached hydrogens (tertiary/aromatic N) is 2. The number of rotatable bonds is 1. The van der Waals surface area contributed by atoms with Crippen LogP contribution in [0.1, 0.15) is 5.56 Å². The molecule has 2 nitrogen and oxygen atoms in total. The SMILES string of the molecule is Cc1ccc(-c2cc3ccccc3c3nc4cc(Cl)c(Cl)cc4n23)cc1. The van der Waals surface area contributed by atoms with Crippen LogP contribution in [-0.4, -0.2) is 9.38 Å². The van der Waals surface area contributed by atoms with Gasteiger partial charge in [-0.15, -0.1) is 0 Å². The van der Waals surface area contributed by atoms with E-state index < -0.39 is 0 Å². The zero-order valence-electron chi connectivity index (χ0n) is 14.0. The molecule has 26 heavy (non-hydrogen) atoms. The highest BCUT2D eigenvalue weighted by atomic mass is 35.5. The molecule has 2 heterocycles. The van der Waals surface area contributed by atoms with Gasteiger partial charge in [-0.05, 0) is 36.1 Å². The summed E-state index contributed by atoms with van der Waals surface area (Å²) < 4.78 is 2.17. The molecule has 0 amide bonds. The minimum Gasteiger partial charge on any atom is -0.292 e. The molecular formula is C22H14Cl2N2. The highest BCUT2D eigenvalue weighted by Crippen LogP contribution is 2.34. The predicted molar refractivity (Wildman–Crippen MR) is 110 cm³/mol. The first-order valence-electron chi connectivity index (χ1n) is 8.38. The Bertz CT molecular complexity index is 1300. The number of hydrogen-bond donors (Lipinski definition) is 0. The maximum atomic E-state index is 6.31. The topological polar surface area (TPSA) is 17.3 Å². The number of fused-ring (bicyclic) bond motifs is 5. The summed E-state index contributed by atoms with van der Waals surface area (Å²) in [6.07, 6.45) is 0. The van der Waals surface area contributed by atoms with Gasteiger partial charge in [-0.2, -0.15) is 0 Å². The molecule has 0 bridgehead atoms. The molecule has 0 aliphatic rings. The minimum atomic E-state index is 0.517. The van der Waals surface area contributed by atoms with Crippen molar-refractivity contribution in [1.82, 2.24) is 9.38 Å². The molecule has 0 unspecified atom stereocenters. The quantitative estimate of drug-likeness (QED) is 0.310. The summed E-state index contributed by atoms with van der Waals surface area (Å²) in [7, 11) is 0. The maximum absolute atomic E-state index is 6.31. The third kappa shape index (κ3) is 2.30. The molecule has 126 valence electrons. The van der Waals surface area contributed by atoms with Crippen molar-refractivity contribution in [3.63, 3.8) is 0 Å². The Balaban J connectivity index is 2.01. The van der Waals surface area contributed by atoms with E-state index in [1.165, 1.54) is 5.56 Å². The molecule has 0 N–H and O–H groups in total. The summed E-state index contributed by atoms with van der Waals surface area (Å²) in [4.78, 5) is 4.87. The first-order valence-corrected chi connectivity index (χ1v) is 9.13. The van der Waals surface area contributed by atoms with Gasteiger partial charge >= 0.3 is 0 Å². The number of pyridine rings is 1. The number of halogens is 2. The summed E-state index contributed by atoms with van der Waals surface area (Å²) in [5, 5.41) is 3.31. The summed E-state index contributed by atoms with van der Waals surface area (Å²) in [6, 6.07) is 22.8. The lowest BCUT2D eigenvalue weighted by Crippen LogP contribution is -1.94. The zero-order valence-corrected chi connectivity index (χ0v) is 15.5. The van der Waals surface area contributed by atoms with E-state index in [2.05, 4.69) is 53.8 Å². The van der Waals surface area contributed by atoms with Crippen molar-refractivity contribution in [3.8, 4) is 11.3 Å². The van der Waals surface area contributed by atoms with Gasteiger partial charge in [-0.3, -0.25) is 4.40 Å². The van der Waals surface area contributed by atoms with Gasteiger partial charge in [0, 0.05) is 5.39 Å². The van der Waals surface area contributed by atoms with Gasteiger partial charge in [0.1, 0.15) is 5.65 Å². The van der Waals surface area contributed by atoms with Gasteiger partial charge in [0.25, 0.3) is 0 Å². The fourth-order valence-corrected chi connectivity index (χ4v) is 3.79. The predicted octanol–water partition coefficient (Wildman–Crippen LogP) is 6.92. The summed E-state index contributed by atoms with van der Waals surface area (Å²) in [6.45, 7) is 2.09. The second-order valence-corrected chi connectivity index (χ2v) is 7.32. The van der Waals surface area contributed by atoms with Crippen molar-refractivity contribution in [1.29, 1.82) is 0 Å². The summed E-state index contributed by atoms with van der Waals surface area (Å²) in [5.74, 6) is 0. The van der Waals surface area contributed by atoms with Gasteiger partial charge in [-0.25, -0.2) is 4.98 Å². The zero-order chi connectivity index (χ0) is 17.8. The van der Waals surface area contributed by atoms with Crippen molar-refractivity contribution in [2.45, 2.75) is 6.92 Å². The number of hydrogen-bond acceptors (Lipinski definition) is 1. The Morgan fingerprint density at radius 2 is 1.58 bits per heavy atom. The Hall–Kier alpha value is -2.55. The van der Waals surface area contributed by atoms with E-state index in [0.717, 1.165) is 38.7 Å². The molecule has 0 atom stereocenters. The molecule has 0 aliphatic carbocycles. The van der Waals surface area contributed by atoms with Crippen LogP contribution in [0.3, 0.4) is 0 Å². The standard InChI is InChI=1S/C22H14Cl2N2/c1-13-6-8-14(9-7-13)20-10-15-4-2-3-5-16(15)22-25-19-11-17(23)18(24)12-21(19)26(20)22/h2-12H,1H3. The van der Waals surface area contributed by atoms with E-state index in [0.29, 0.717) is 10.0 Å². The van der Waals surface area contributed by atoms with Crippen LogP contribution < -0.4 is 0 Å². The van der Waals surface area contributed by atoms with Crippen molar-refractivity contribution < 1.29 is 0 Å². The molecule has 0 saturated heterocycles.